The number of hydrogen-bond acceptors (Lipinski definition) is 4. The van der Waals surface area contributed by atoms with E-state index < -0.39 is 34.3 Å². The average Bonchev–Trinajstić information content (AvgIpc) is 3.07. The smallest absolute Gasteiger partial charge is 0.264 e. The van der Waals surface area contributed by atoms with Crippen molar-refractivity contribution in [3.63, 3.8) is 0 Å². The van der Waals surface area contributed by atoms with Crippen molar-refractivity contribution in [3.8, 4) is 0 Å². The van der Waals surface area contributed by atoms with Crippen LogP contribution < -0.4 is 9.62 Å². The summed E-state index contributed by atoms with van der Waals surface area (Å²) in [5.41, 5.74) is 1.45. The van der Waals surface area contributed by atoms with E-state index in [-0.39, 0.29) is 40.5 Å². The Balaban J connectivity index is 1.57. The monoisotopic (exact) mass is 695 g/mol. The molecule has 7 nitrogen and oxygen atoms in total. The summed E-state index contributed by atoms with van der Waals surface area (Å²) in [6, 6.07) is 26.0. The minimum absolute atomic E-state index is 0.0277. The molecule has 0 heterocycles. The molecule has 1 aliphatic carbocycles. The number of anilines is 1. The van der Waals surface area contributed by atoms with Crippen LogP contribution in [-0.4, -0.2) is 43.8 Å². The molecule has 4 aromatic rings. The van der Waals surface area contributed by atoms with Gasteiger partial charge in [0.15, 0.2) is 0 Å². The molecule has 0 aromatic heterocycles. The van der Waals surface area contributed by atoms with Crippen LogP contribution in [0.2, 0.25) is 10.0 Å². The number of sulfonamides is 1. The molecule has 1 atom stereocenters. The number of carbonyl (C=O) groups excluding carboxylic acids is 2. The zero-order valence-corrected chi connectivity index (χ0v) is 28.0. The molecule has 4 aromatic carbocycles. The first-order valence-electron chi connectivity index (χ1n) is 15.5. The van der Waals surface area contributed by atoms with Crippen LogP contribution in [0.15, 0.2) is 108 Å². The highest BCUT2D eigenvalue weighted by molar-refractivity contribution is 7.92. The molecule has 246 valence electrons. The van der Waals surface area contributed by atoms with E-state index in [0.29, 0.717) is 10.6 Å². The number of rotatable bonds is 12. The molecule has 0 saturated heterocycles. The Kier molecular flexibility index (Phi) is 11.6. The second-order valence-corrected chi connectivity index (χ2v) is 14.3. The van der Waals surface area contributed by atoms with E-state index in [1.54, 1.807) is 30.3 Å². The van der Waals surface area contributed by atoms with Crippen LogP contribution >= 0.6 is 23.2 Å². The van der Waals surface area contributed by atoms with Crippen LogP contribution in [0.5, 0.6) is 0 Å². The lowest BCUT2D eigenvalue weighted by Gasteiger charge is -2.35. The molecule has 0 radical (unpaired) electrons. The van der Waals surface area contributed by atoms with Crippen LogP contribution in [0.1, 0.15) is 43.2 Å². The van der Waals surface area contributed by atoms with Gasteiger partial charge in [-0.2, -0.15) is 0 Å². The van der Waals surface area contributed by atoms with Gasteiger partial charge in [0.1, 0.15) is 18.4 Å². The molecule has 5 rings (SSSR count). The highest BCUT2D eigenvalue weighted by Gasteiger charge is 2.36. The first-order chi connectivity index (χ1) is 22.6. The number of nitrogens with zero attached hydrogens (tertiary/aromatic N) is 2. The summed E-state index contributed by atoms with van der Waals surface area (Å²) in [4.78, 5) is 30.1. The SMILES string of the molecule is O=C(NC1CCCCC1)[C@H](Cc1ccccc1)N(Cc1ccc(F)cc1)C(=O)CN(c1ccc(Cl)cc1Cl)S(=O)(=O)c1ccccc1. The van der Waals surface area contributed by atoms with Crippen molar-refractivity contribution < 1.29 is 22.4 Å². The van der Waals surface area contributed by atoms with E-state index >= 15 is 0 Å². The van der Waals surface area contributed by atoms with E-state index in [2.05, 4.69) is 5.32 Å². The lowest BCUT2D eigenvalue weighted by molar-refractivity contribution is -0.140. The fraction of sp³-hybridized carbons (Fsp3) is 0.278. The lowest BCUT2D eigenvalue weighted by atomic mass is 9.94. The van der Waals surface area contributed by atoms with Crippen molar-refractivity contribution in [1.82, 2.24) is 10.2 Å². The van der Waals surface area contributed by atoms with Gasteiger partial charge in [0.05, 0.1) is 15.6 Å². The lowest BCUT2D eigenvalue weighted by Crippen LogP contribution is -2.55. The van der Waals surface area contributed by atoms with Gasteiger partial charge in [0.25, 0.3) is 10.0 Å². The summed E-state index contributed by atoms with van der Waals surface area (Å²) in [6.07, 6.45) is 4.97. The minimum Gasteiger partial charge on any atom is -0.352 e. The van der Waals surface area contributed by atoms with Gasteiger partial charge >= 0.3 is 0 Å². The number of carbonyl (C=O) groups is 2. The Hall–Kier alpha value is -3.92. The minimum atomic E-state index is -4.32. The summed E-state index contributed by atoms with van der Waals surface area (Å²) < 4.78 is 43.1. The standard InChI is InChI=1S/C36H36Cl2FN3O4S/c37-28-18-21-33(32(38)23-28)42(47(45,46)31-14-8-3-9-15-31)25-35(43)41(24-27-16-19-29(39)20-17-27)34(22-26-10-4-1-5-11-26)36(44)40-30-12-6-2-7-13-30/h1,3-5,8-11,14-21,23,30,34H,2,6-7,12-13,22,24-25H2,(H,40,44)/t34-/m0/s1. The van der Waals surface area contributed by atoms with Gasteiger partial charge in [-0.3, -0.25) is 13.9 Å². The fourth-order valence-electron chi connectivity index (χ4n) is 5.80. The largest absolute Gasteiger partial charge is 0.352 e. The van der Waals surface area contributed by atoms with E-state index in [1.807, 2.05) is 30.3 Å². The van der Waals surface area contributed by atoms with E-state index in [0.717, 1.165) is 42.0 Å². The zero-order chi connectivity index (χ0) is 33.4. The Morgan fingerprint density at radius 2 is 1.47 bits per heavy atom. The molecule has 2 amide bonds. The first kappa shape index (κ1) is 34.4. The maximum atomic E-state index is 14.6. The van der Waals surface area contributed by atoms with Gasteiger partial charge in [-0.1, -0.05) is 103 Å². The molecule has 1 saturated carbocycles. The highest BCUT2D eigenvalue weighted by Crippen LogP contribution is 2.33. The second-order valence-electron chi connectivity index (χ2n) is 11.6. The van der Waals surface area contributed by atoms with Crippen LogP contribution in [0.4, 0.5) is 10.1 Å². The normalized spacial score (nSPS) is 14.3. The maximum Gasteiger partial charge on any atom is 0.264 e. The maximum absolute atomic E-state index is 14.6. The van der Waals surface area contributed by atoms with Crippen molar-refractivity contribution in [1.29, 1.82) is 0 Å². The molecule has 1 fully saturated rings. The molecule has 0 aliphatic heterocycles. The number of benzene rings is 4. The van der Waals surface area contributed by atoms with E-state index in [1.165, 1.54) is 47.4 Å². The average molecular weight is 697 g/mol. The molecule has 11 heteroatoms. The summed E-state index contributed by atoms with van der Waals surface area (Å²) >= 11 is 12.7. The quantitative estimate of drug-likeness (QED) is 0.167. The Bertz CT molecular complexity index is 1770. The first-order valence-corrected chi connectivity index (χ1v) is 17.7. The summed E-state index contributed by atoms with van der Waals surface area (Å²) in [5, 5.41) is 3.49. The van der Waals surface area contributed by atoms with Gasteiger partial charge in [-0.15, -0.1) is 0 Å². The predicted molar refractivity (Wildman–Crippen MR) is 183 cm³/mol. The highest BCUT2D eigenvalue weighted by atomic mass is 35.5. The summed E-state index contributed by atoms with van der Waals surface area (Å²) in [7, 11) is -4.32. The summed E-state index contributed by atoms with van der Waals surface area (Å²) in [6.45, 7) is -0.732. The van der Waals surface area contributed by atoms with Crippen molar-refractivity contribution in [2.45, 2.75) is 62.0 Å². The topological polar surface area (TPSA) is 86.8 Å². The van der Waals surface area contributed by atoms with Crippen molar-refractivity contribution in [2.24, 2.45) is 0 Å². The Labute approximate surface area is 285 Å². The Morgan fingerprint density at radius 3 is 2.11 bits per heavy atom. The van der Waals surface area contributed by atoms with Gasteiger partial charge in [-0.05, 0) is 66.4 Å². The molecule has 47 heavy (non-hydrogen) atoms. The number of nitrogens with one attached hydrogen (secondary N) is 1. The molecule has 0 unspecified atom stereocenters. The van der Waals surface area contributed by atoms with Gasteiger partial charge in [0, 0.05) is 24.0 Å². The molecule has 1 N–H and O–H groups in total. The third kappa shape index (κ3) is 8.91. The van der Waals surface area contributed by atoms with Crippen molar-refractivity contribution >= 4 is 50.7 Å². The zero-order valence-electron chi connectivity index (χ0n) is 25.7. The van der Waals surface area contributed by atoms with E-state index in [9.17, 15) is 22.4 Å². The van der Waals surface area contributed by atoms with Gasteiger partial charge in [0.2, 0.25) is 11.8 Å². The number of halogens is 3. The van der Waals surface area contributed by atoms with Crippen LogP contribution in [0.25, 0.3) is 0 Å². The third-order valence-electron chi connectivity index (χ3n) is 8.28. The van der Waals surface area contributed by atoms with Crippen molar-refractivity contribution in [3.05, 3.63) is 130 Å². The molecular formula is C36H36Cl2FN3O4S. The Morgan fingerprint density at radius 1 is 0.830 bits per heavy atom. The van der Waals surface area contributed by atoms with Gasteiger partial charge < -0.3 is 10.2 Å². The number of amides is 2. The molecule has 0 spiro atoms. The van der Waals surface area contributed by atoms with Crippen LogP contribution in [-0.2, 0) is 32.6 Å². The predicted octanol–water partition coefficient (Wildman–Crippen LogP) is 7.42. The number of hydrogen-bond donors (Lipinski definition) is 1. The van der Waals surface area contributed by atoms with Crippen LogP contribution in [0, 0.1) is 5.82 Å². The molecular weight excluding hydrogens is 660 g/mol. The van der Waals surface area contributed by atoms with E-state index in [4.69, 9.17) is 23.2 Å². The molecule has 0 bridgehead atoms. The van der Waals surface area contributed by atoms with Crippen molar-refractivity contribution in [2.75, 3.05) is 10.8 Å². The van der Waals surface area contributed by atoms with Gasteiger partial charge in [-0.25, -0.2) is 12.8 Å². The molecule has 1 aliphatic rings. The fourth-order valence-corrected chi connectivity index (χ4v) is 7.82. The third-order valence-corrected chi connectivity index (χ3v) is 10.6. The van der Waals surface area contributed by atoms with Crippen LogP contribution in [0.3, 0.4) is 0 Å². The second kappa shape index (κ2) is 15.8. The summed E-state index contributed by atoms with van der Waals surface area (Å²) in [5.74, 6) is -1.42.